The summed E-state index contributed by atoms with van der Waals surface area (Å²) in [5, 5.41) is 0. The van der Waals surface area contributed by atoms with Gasteiger partial charge in [-0.15, -0.1) is 0 Å². The molecule has 7 heterocycles. The van der Waals surface area contributed by atoms with Crippen LogP contribution in [0.25, 0.3) is 34.2 Å². The van der Waals surface area contributed by atoms with Crippen LogP contribution in [0.15, 0.2) is 104 Å². The third-order valence-electron chi connectivity index (χ3n) is 12.7. The predicted octanol–water partition coefficient (Wildman–Crippen LogP) is 9.77. The molecule has 0 saturated carbocycles. The molecular formula is C46H50B3Br4IN8O6. The molecule has 3 fully saturated rings. The van der Waals surface area contributed by atoms with Gasteiger partial charge in [0.05, 0.1) is 51.5 Å². The van der Waals surface area contributed by atoms with Crippen LogP contribution in [0.2, 0.25) is 0 Å². The summed E-state index contributed by atoms with van der Waals surface area (Å²) in [6.45, 7) is 24.7. The van der Waals surface area contributed by atoms with Gasteiger partial charge >= 0.3 is 21.4 Å². The van der Waals surface area contributed by atoms with Crippen molar-refractivity contribution in [2.45, 2.75) is 117 Å². The normalized spacial score (nSPS) is 19.2. The van der Waals surface area contributed by atoms with E-state index in [9.17, 15) is 0 Å². The third kappa shape index (κ3) is 12.2. The molecule has 22 heteroatoms. The zero-order chi connectivity index (χ0) is 49.6. The summed E-state index contributed by atoms with van der Waals surface area (Å²) >= 11 is 15.4. The van der Waals surface area contributed by atoms with E-state index >= 15 is 0 Å². The fraction of sp³-hybridized carbons (Fsp3) is 0.391. The molecule has 0 aliphatic carbocycles. The molecule has 0 unspecified atom stereocenters. The zero-order valence-electron chi connectivity index (χ0n) is 39.7. The fourth-order valence-corrected chi connectivity index (χ4v) is 7.84. The first-order valence-corrected chi connectivity index (χ1v) is 25.8. The van der Waals surface area contributed by atoms with E-state index in [2.05, 4.69) is 227 Å². The highest BCUT2D eigenvalue weighted by molar-refractivity contribution is 14.1. The molecule has 3 aliphatic heterocycles. The second-order valence-electron chi connectivity index (χ2n) is 19.3. The third-order valence-corrected chi connectivity index (χ3v) is 14.9. The van der Waals surface area contributed by atoms with Crippen molar-refractivity contribution in [1.29, 1.82) is 0 Å². The Labute approximate surface area is 446 Å². The quantitative estimate of drug-likeness (QED) is 0.0881. The molecule has 0 bridgehead atoms. The maximum absolute atomic E-state index is 6.36. The van der Waals surface area contributed by atoms with Gasteiger partial charge in [-0.2, -0.15) is 0 Å². The van der Waals surface area contributed by atoms with E-state index in [1.165, 1.54) is 0 Å². The molecule has 6 aromatic rings. The van der Waals surface area contributed by atoms with Crippen LogP contribution in [-0.4, -0.2) is 94.8 Å². The lowest BCUT2D eigenvalue weighted by atomic mass is 9.66. The summed E-state index contributed by atoms with van der Waals surface area (Å²) in [7, 11) is -1.55. The first-order chi connectivity index (χ1) is 31.6. The maximum Gasteiger partial charge on any atom is 0.494 e. The van der Waals surface area contributed by atoms with E-state index in [4.69, 9.17) is 27.9 Å². The van der Waals surface area contributed by atoms with E-state index < -0.39 is 55.0 Å². The van der Waals surface area contributed by atoms with Crippen LogP contribution in [0.4, 0.5) is 0 Å². The van der Waals surface area contributed by atoms with E-state index in [0.717, 1.165) is 54.8 Å². The molecule has 0 N–H and O–H groups in total. The first kappa shape index (κ1) is 53.2. The van der Waals surface area contributed by atoms with Crippen LogP contribution in [0.3, 0.4) is 0 Å². The van der Waals surface area contributed by atoms with Crippen LogP contribution in [0, 0.1) is 3.83 Å². The van der Waals surface area contributed by atoms with Crippen LogP contribution < -0.4 is 16.4 Å². The van der Waals surface area contributed by atoms with Crippen LogP contribution >= 0.6 is 86.3 Å². The van der Waals surface area contributed by atoms with Gasteiger partial charge in [0.1, 0.15) is 0 Å². The van der Waals surface area contributed by atoms with Crippen LogP contribution in [0.5, 0.6) is 0 Å². The summed E-state index contributed by atoms with van der Waals surface area (Å²) < 4.78 is 42.3. The average molecular weight is 1290 g/mol. The SMILES string of the molecule is Brc1cnc(-c2cc(-c3ncc(Br)cn3)cc(-c3ncc(Br)cn3)c2)nc1.Brc1cnc(I)nc1.CC1(C)OB(c2cc(B3OC(C)(C)C(C)(C)O3)cc(B3OC(C)(C)C(C)(C)O3)c2)OC1(C)C. The van der Waals surface area contributed by atoms with E-state index in [-0.39, 0.29) is 0 Å². The largest absolute Gasteiger partial charge is 0.494 e. The standard InChI is InChI=1S/C24H39B3O6.C18H9Br3N6.C4H2BrIN2/c1-19(2)20(3,4)29-25(28-19)16-13-17(26-30-21(5,6)22(7,8)31-26)15-18(14-16)27-32-23(9,10)24(11,12)33-27;19-13-4-22-16(23-5-13)10-1-11(17-24-6-14(20)7-25-17)3-12(2-10)18-26-8-15(21)9-27-18;5-3-1-7-4(6)8-2-3/h13-15H,1-12H3;1-9H;1-2H. The monoisotopic (exact) mass is 1290 g/mol. The van der Waals surface area contributed by atoms with Crippen molar-refractivity contribution in [2.75, 3.05) is 0 Å². The molecule has 3 aliphatic rings. The van der Waals surface area contributed by atoms with Gasteiger partial charge in [-0.25, -0.2) is 39.9 Å². The lowest BCUT2D eigenvalue weighted by molar-refractivity contribution is 0.00578. The minimum absolute atomic E-state index is 0.442. The van der Waals surface area contributed by atoms with Crippen molar-refractivity contribution < 1.29 is 27.9 Å². The first-order valence-electron chi connectivity index (χ1n) is 21.6. The molecule has 14 nitrogen and oxygen atoms in total. The van der Waals surface area contributed by atoms with Gasteiger partial charge in [-0.1, -0.05) is 18.2 Å². The predicted molar refractivity (Wildman–Crippen MR) is 289 cm³/mol. The number of halogens is 5. The van der Waals surface area contributed by atoms with E-state index in [0.29, 0.717) is 17.5 Å². The Morgan fingerprint density at radius 3 is 0.721 bits per heavy atom. The molecule has 354 valence electrons. The highest BCUT2D eigenvalue weighted by atomic mass is 127. The number of hydrogen-bond donors (Lipinski definition) is 0. The summed E-state index contributed by atoms with van der Waals surface area (Å²) in [6.07, 6.45) is 13.7. The Morgan fingerprint density at radius 1 is 0.338 bits per heavy atom. The summed E-state index contributed by atoms with van der Waals surface area (Å²) in [6, 6.07) is 12.0. The molecule has 2 aromatic carbocycles. The average Bonchev–Trinajstić information content (AvgIpc) is 3.75. The molecule has 0 atom stereocenters. The Bertz CT molecular complexity index is 2390. The lowest BCUT2D eigenvalue weighted by Gasteiger charge is -2.32. The molecule has 0 amide bonds. The van der Waals surface area contributed by atoms with Gasteiger partial charge in [0.2, 0.25) is 0 Å². The zero-order valence-corrected chi connectivity index (χ0v) is 48.2. The van der Waals surface area contributed by atoms with Gasteiger partial charge in [-0.3, -0.25) is 0 Å². The smallest absolute Gasteiger partial charge is 0.399 e. The molecule has 0 spiro atoms. The molecule has 9 rings (SSSR count). The number of rotatable bonds is 6. The highest BCUT2D eigenvalue weighted by Gasteiger charge is 2.56. The van der Waals surface area contributed by atoms with Crippen molar-refractivity contribution in [3.63, 3.8) is 0 Å². The number of hydrogen-bond acceptors (Lipinski definition) is 14. The van der Waals surface area contributed by atoms with Gasteiger partial charge in [0, 0.05) is 88.9 Å². The van der Waals surface area contributed by atoms with Crippen molar-refractivity contribution in [3.8, 4) is 34.2 Å². The van der Waals surface area contributed by atoms with Crippen molar-refractivity contribution in [3.05, 3.63) is 108 Å². The number of aromatic nitrogens is 8. The second-order valence-corrected chi connectivity index (χ2v) is 24.0. The van der Waals surface area contributed by atoms with E-state index in [1.54, 1.807) is 49.6 Å². The molecule has 4 aromatic heterocycles. The maximum atomic E-state index is 6.36. The lowest BCUT2D eigenvalue weighted by Crippen LogP contribution is -2.47. The number of nitrogens with zero attached hydrogens (tertiary/aromatic N) is 8. The Hall–Kier alpha value is -2.64. The Kier molecular flexibility index (Phi) is 16.0. The summed E-state index contributed by atoms with van der Waals surface area (Å²) in [4.78, 5) is 34.2. The molecule has 3 saturated heterocycles. The Morgan fingerprint density at radius 2 is 0.529 bits per heavy atom. The van der Waals surface area contributed by atoms with Crippen LogP contribution in [0.1, 0.15) is 83.1 Å². The minimum Gasteiger partial charge on any atom is -0.399 e. The van der Waals surface area contributed by atoms with Gasteiger partial charge < -0.3 is 27.9 Å². The van der Waals surface area contributed by atoms with Crippen molar-refractivity contribution in [2.24, 2.45) is 0 Å². The highest BCUT2D eigenvalue weighted by Crippen LogP contribution is 2.39. The van der Waals surface area contributed by atoms with Gasteiger partial charge in [-0.05, 0) is 181 Å². The molecule has 68 heavy (non-hydrogen) atoms. The van der Waals surface area contributed by atoms with Crippen LogP contribution in [-0.2, 0) is 27.9 Å². The molecular weight excluding hydrogens is 1240 g/mol. The second kappa shape index (κ2) is 20.5. The summed E-state index contributed by atoms with van der Waals surface area (Å²) in [5.41, 5.74) is 2.51. The Balaban J connectivity index is 0.000000175. The minimum atomic E-state index is -0.515. The van der Waals surface area contributed by atoms with Crippen molar-refractivity contribution >= 4 is 124 Å². The fourth-order valence-electron chi connectivity index (χ4n) is 6.74. The van der Waals surface area contributed by atoms with Gasteiger partial charge in [0.15, 0.2) is 21.3 Å². The number of benzene rings is 2. The van der Waals surface area contributed by atoms with Gasteiger partial charge in [0.25, 0.3) is 0 Å². The summed E-state index contributed by atoms with van der Waals surface area (Å²) in [5.74, 6) is 1.78. The van der Waals surface area contributed by atoms with Crippen molar-refractivity contribution in [1.82, 2.24) is 39.9 Å². The molecule has 0 radical (unpaired) electrons. The topological polar surface area (TPSA) is 158 Å². The van der Waals surface area contributed by atoms with E-state index in [1.807, 2.05) is 18.2 Å².